The maximum Gasteiger partial charge on any atom is 0.341 e. The van der Waals surface area contributed by atoms with Crippen molar-refractivity contribution in [3.8, 4) is 22.8 Å². The number of benzene rings is 1. The number of epoxide rings is 1. The van der Waals surface area contributed by atoms with E-state index in [1.54, 1.807) is 25.3 Å². The van der Waals surface area contributed by atoms with Crippen LogP contribution in [-0.2, 0) is 20.7 Å². The number of phenolic OH excluding ortho intramolecular Hbond substituents is 1. The predicted octanol–water partition coefficient (Wildman–Crippen LogP) is 5.19. The van der Waals surface area contributed by atoms with Crippen molar-refractivity contribution in [3.63, 3.8) is 0 Å². The van der Waals surface area contributed by atoms with E-state index >= 15 is 0 Å². The van der Waals surface area contributed by atoms with Crippen molar-refractivity contribution in [1.29, 1.82) is 0 Å². The lowest BCUT2D eigenvalue weighted by Gasteiger charge is -2.47. The number of nitrogen functional groups attached to an aromatic ring is 2. The molecule has 4 fully saturated rings. The molecule has 4 unspecified atom stereocenters. The van der Waals surface area contributed by atoms with Crippen LogP contribution in [0.4, 0.5) is 11.6 Å². The Morgan fingerprint density at radius 1 is 1.02 bits per heavy atom. The first kappa shape index (κ1) is 29.7. The zero-order valence-corrected chi connectivity index (χ0v) is 26.6. The molecule has 1 spiro atoms. The van der Waals surface area contributed by atoms with Crippen molar-refractivity contribution >= 4 is 28.6 Å². The zero-order valence-electron chi connectivity index (χ0n) is 26.6. The topological polar surface area (TPSA) is 176 Å². The number of carbonyl (C=O) groups excluding carboxylic acids is 1. The highest BCUT2D eigenvalue weighted by molar-refractivity contribution is 5.88. The van der Waals surface area contributed by atoms with Crippen LogP contribution in [0.1, 0.15) is 68.8 Å². The fraction of sp³-hybridized carbons (Fsp3) is 0.444. The Bertz CT molecular complexity index is 2000. The van der Waals surface area contributed by atoms with Gasteiger partial charge in [-0.05, 0) is 95.0 Å². The molecule has 2 bridgehead atoms. The van der Waals surface area contributed by atoms with Crippen LogP contribution in [0.5, 0.6) is 11.5 Å². The lowest BCUT2D eigenvalue weighted by molar-refractivity contribution is -0.172. The molecule has 4 aliphatic heterocycles. The molecule has 4 aromatic rings. The second-order valence-corrected chi connectivity index (χ2v) is 14.1. The molecule has 11 heteroatoms. The van der Waals surface area contributed by atoms with Gasteiger partial charge in [0.05, 0.1) is 11.8 Å². The molecule has 4 atom stereocenters. The average Bonchev–Trinajstić information content (AvgIpc) is 3.74. The van der Waals surface area contributed by atoms with Crippen molar-refractivity contribution in [2.75, 3.05) is 11.5 Å². The molecule has 47 heavy (non-hydrogen) atoms. The Kier molecular flexibility index (Phi) is 6.60. The molecule has 1 saturated carbocycles. The summed E-state index contributed by atoms with van der Waals surface area (Å²) in [5.74, 6) is 0.909. The summed E-state index contributed by atoms with van der Waals surface area (Å²) in [6, 6.07) is 10.5. The van der Waals surface area contributed by atoms with Crippen LogP contribution in [0.25, 0.3) is 22.2 Å². The highest BCUT2D eigenvalue weighted by atomic mass is 16.7. The molecule has 244 valence electrons. The van der Waals surface area contributed by atoms with Gasteiger partial charge in [-0.25, -0.2) is 14.8 Å². The summed E-state index contributed by atoms with van der Waals surface area (Å²) in [5, 5.41) is 11.7. The molecule has 7 heterocycles. The minimum Gasteiger partial charge on any atom is -0.507 e. The minimum atomic E-state index is -1.04. The first-order valence-electron chi connectivity index (χ1n) is 16.3. The van der Waals surface area contributed by atoms with E-state index in [-0.39, 0.29) is 52.0 Å². The molecule has 9 rings (SSSR count). The summed E-state index contributed by atoms with van der Waals surface area (Å²) >= 11 is 0. The van der Waals surface area contributed by atoms with Gasteiger partial charge in [-0.2, -0.15) is 0 Å². The second-order valence-electron chi connectivity index (χ2n) is 14.1. The molecule has 5 aliphatic rings. The summed E-state index contributed by atoms with van der Waals surface area (Å²) in [6.45, 7) is 5.50. The van der Waals surface area contributed by atoms with Gasteiger partial charge in [-0.15, -0.1) is 0 Å². The number of nitrogens with two attached hydrogens (primary N) is 2. The molecule has 0 radical (unpaired) electrons. The van der Waals surface area contributed by atoms with E-state index in [0.717, 1.165) is 36.8 Å². The van der Waals surface area contributed by atoms with Crippen LogP contribution >= 0.6 is 0 Å². The predicted molar refractivity (Wildman–Crippen MR) is 174 cm³/mol. The maximum atomic E-state index is 14.3. The van der Waals surface area contributed by atoms with E-state index in [1.807, 2.05) is 32.0 Å². The number of aromatic nitrogens is 2. The lowest BCUT2D eigenvalue weighted by Crippen LogP contribution is -2.53. The highest BCUT2D eigenvalue weighted by Gasteiger charge is 2.69. The Hall–Kier alpha value is -4.64. The van der Waals surface area contributed by atoms with Gasteiger partial charge >= 0.3 is 5.97 Å². The van der Waals surface area contributed by atoms with Crippen molar-refractivity contribution in [1.82, 2.24) is 9.97 Å². The van der Waals surface area contributed by atoms with Gasteiger partial charge in [0, 0.05) is 41.3 Å². The number of esters is 1. The van der Waals surface area contributed by atoms with Crippen LogP contribution in [-0.4, -0.2) is 44.5 Å². The number of hydrogen-bond acceptors (Lipinski definition) is 11. The van der Waals surface area contributed by atoms with E-state index < -0.39 is 17.3 Å². The fourth-order valence-electron chi connectivity index (χ4n) is 8.55. The molecule has 3 saturated heterocycles. The fourth-order valence-corrected chi connectivity index (χ4v) is 8.55. The molecule has 5 N–H and O–H groups in total. The van der Waals surface area contributed by atoms with Crippen LogP contribution in [0.2, 0.25) is 0 Å². The van der Waals surface area contributed by atoms with Gasteiger partial charge in [0.1, 0.15) is 51.6 Å². The van der Waals surface area contributed by atoms with Gasteiger partial charge in [0.15, 0.2) is 11.0 Å². The largest absolute Gasteiger partial charge is 0.507 e. The Morgan fingerprint density at radius 2 is 1.81 bits per heavy atom. The van der Waals surface area contributed by atoms with Gasteiger partial charge in [0.2, 0.25) is 0 Å². The summed E-state index contributed by atoms with van der Waals surface area (Å²) in [4.78, 5) is 35.9. The number of carbonyl (C=O) groups is 1. The summed E-state index contributed by atoms with van der Waals surface area (Å²) < 4.78 is 25.1. The quantitative estimate of drug-likeness (QED) is 0.198. The second kappa shape index (κ2) is 10.4. The SMILES string of the molecule is Cc1cc(=O)c2c(O)c3c(cc2o1)OC(C)(C)C1OC(=O)C2(OC2CCc2cc(N)nc(-c4ccnc(N)c4)c2)C2CCC(CC2)C31. The average molecular weight is 639 g/mol. The van der Waals surface area contributed by atoms with Crippen molar-refractivity contribution in [2.45, 2.75) is 88.6 Å². The van der Waals surface area contributed by atoms with Crippen molar-refractivity contribution < 1.29 is 28.5 Å². The molecule has 3 aromatic heterocycles. The van der Waals surface area contributed by atoms with E-state index in [0.29, 0.717) is 47.2 Å². The number of hydrogen-bond donors (Lipinski definition) is 3. The van der Waals surface area contributed by atoms with E-state index in [2.05, 4.69) is 9.97 Å². The Labute approximate surface area is 271 Å². The van der Waals surface area contributed by atoms with Crippen LogP contribution in [0.3, 0.4) is 0 Å². The summed E-state index contributed by atoms with van der Waals surface area (Å²) in [5.41, 5.74) is 13.1. The number of nitrogens with zero attached hydrogens (tertiary/aromatic N) is 2. The minimum absolute atomic E-state index is 0.0120. The maximum absolute atomic E-state index is 14.3. The van der Waals surface area contributed by atoms with Crippen LogP contribution in [0.15, 0.2) is 51.8 Å². The van der Waals surface area contributed by atoms with Crippen LogP contribution < -0.4 is 21.6 Å². The molecule has 1 aromatic carbocycles. The van der Waals surface area contributed by atoms with E-state index in [1.165, 1.54) is 6.07 Å². The third kappa shape index (κ3) is 4.73. The number of anilines is 2. The molecule has 11 nitrogen and oxygen atoms in total. The smallest absolute Gasteiger partial charge is 0.341 e. The van der Waals surface area contributed by atoms with Gasteiger partial charge in [-0.3, -0.25) is 4.79 Å². The third-order valence-corrected chi connectivity index (χ3v) is 10.7. The number of aryl methyl sites for hydroxylation is 2. The highest BCUT2D eigenvalue weighted by Crippen LogP contribution is 2.60. The number of pyridine rings is 2. The molecule has 0 amide bonds. The number of ether oxygens (including phenoxy) is 3. The van der Waals surface area contributed by atoms with Crippen molar-refractivity contribution in [2.24, 2.45) is 11.8 Å². The van der Waals surface area contributed by atoms with Crippen molar-refractivity contribution in [3.05, 3.63) is 69.7 Å². The third-order valence-electron chi connectivity index (χ3n) is 10.7. The summed E-state index contributed by atoms with van der Waals surface area (Å²) in [6.07, 6.45) is 5.10. The first-order chi connectivity index (χ1) is 22.4. The number of aromatic hydroxyl groups is 1. The standard InChI is InChI=1S/C36H38N4O7/c1-17-12-23(41)30-24(44-17)16-25-31(32(30)42)29-19-5-7-21(8-6-19)36(34(43)45-33(29)35(2,3)46-25)26(47-36)9-4-18-13-22(40-28(38)14-18)20-10-11-39-27(37)15-20/h10-16,19,21,26,29,33,42H,4-9H2,1-3H3,(H2,37,39)(H2,38,40). The van der Waals surface area contributed by atoms with E-state index in [9.17, 15) is 14.7 Å². The van der Waals surface area contributed by atoms with Gasteiger partial charge in [0.25, 0.3) is 0 Å². The monoisotopic (exact) mass is 638 g/mol. The van der Waals surface area contributed by atoms with E-state index in [4.69, 9.17) is 30.1 Å². The Balaban J connectivity index is 1.10. The van der Waals surface area contributed by atoms with Crippen LogP contribution in [0, 0.1) is 18.8 Å². The molecular weight excluding hydrogens is 600 g/mol. The first-order valence-corrected chi connectivity index (χ1v) is 16.3. The number of fused-ring (bicyclic) bond motifs is 5. The molecule has 1 aliphatic carbocycles. The number of rotatable bonds is 4. The van der Waals surface area contributed by atoms with Gasteiger partial charge in [-0.1, -0.05) is 0 Å². The Morgan fingerprint density at radius 3 is 2.57 bits per heavy atom. The lowest BCUT2D eigenvalue weighted by atomic mass is 9.66. The summed E-state index contributed by atoms with van der Waals surface area (Å²) in [7, 11) is 0. The molecular formula is C36H38N4O7. The van der Waals surface area contributed by atoms with Gasteiger partial charge < -0.3 is 35.2 Å². The number of phenols is 1. The normalized spacial score (nSPS) is 28.8. The zero-order chi connectivity index (χ0) is 32.8.